The van der Waals surface area contributed by atoms with E-state index in [2.05, 4.69) is 10.6 Å². The number of nitrogens with one attached hydrogen (secondary N) is 2. The fourth-order valence-electron chi connectivity index (χ4n) is 6.17. The molecule has 0 saturated heterocycles. The molecule has 0 bridgehead atoms. The fourth-order valence-corrected chi connectivity index (χ4v) is 6.61. The Morgan fingerprint density at radius 3 is 2.05 bits per heavy atom. The van der Waals surface area contributed by atoms with Crippen LogP contribution < -0.4 is 15.4 Å². The highest BCUT2D eigenvalue weighted by Crippen LogP contribution is 2.28. The van der Waals surface area contributed by atoms with E-state index in [4.69, 9.17) is 70.1 Å². The molecule has 16 heteroatoms. The number of esters is 3. The Kier molecular flexibility index (Phi) is 22.0. The average Bonchev–Trinajstić information content (AvgIpc) is 3.20. The molecule has 3 aromatic carbocycles. The molecule has 3 rings (SSSR count). The number of alkyl carbamates (subject to hydrolysis) is 1. The molecule has 0 radical (unpaired) electrons. The standard InChI is InChI=1S/C48H58Cl4N2O10/c1-31(2)25-41(62-43(56)29-36(26-34-17-12-9-13-18-34)53-46(59)64-47(4,5)6)45(58)63-39(32(3)21-22-33-15-10-8-11-16-33)19-14-20-42(55)54-38(44(57)61-30-48(50,51)52)28-35-23-24-40(60-7)37(49)27-35/h8-18,20-24,27,31-32,36,38-39,41H,19,25-26,28-30H2,1-7H3,(H,53,59)(H,54,55)/b20-14+,22-21+/t32-,36-,38-,39+,41+/m1/s1. The number of alkyl halides is 3. The number of carbonyl (C=O) groups is 5. The van der Waals surface area contributed by atoms with Gasteiger partial charge in [0, 0.05) is 24.8 Å². The lowest BCUT2D eigenvalue weighted by atomic mass is 9.99. The van der Waals surface area contributed by atoms with Gasteiger partial charge in [-0.1, -0.05) is 152 Å². The summed E-state index contributed by atoms with van der Waals surface area (Å²) >= 11 is 23.7. The molecular formula is C48H58Cl4N2O10. The number of hydrogen-bond acceptors (Lipinski definition) is 10. The first-order chi connectivity index (χ1) is 30.1. The van der Waals surface area contributed by atoms with Crippen molar-refractivity contribution in [3.05, 3.63) is 119 Å². The van der Waals surface area contributed by atoms with Crippen LogP contribution in [0.3, 0.4) is 0 Å². The summed E-state index contributed by atoms with van der Waals surface area (Å²) in [5.41, 5.74) is 1.60. The molecule has 64 heavy (non-hydrogen) atoms. The van der Waals surface area contributed by atoms with E-state index in [1.165, 1.54) is 19.3 Å². The second kappa shape index (κ2) is 26.3. The first-order valence-electron chi connectivity index (χ1n) is 20.8. The average molecular weight is 965 g/mol. The molecule has 0 aliphatic rings. The predicted octanol–water partition coefficient (Wildman–Crippen LogP) is 9.98. The number of benzene rings is 3. The van der Waals surface area contributed by atoms with Crippen molar-refractivity contribution in [1.29, 1.82) is 0 Å². The molecule has 2 N–H and O–H groups in total. The first-order valence-corrected chi connectivity index (χ1v) is 22.3. The number of rotatable bonds is 22. The van der Waals surface area contributed by atoms with Crippen molar-refractivity contribution in [2.45, 2.75) is 107 Å². The van der Waals surface area contributed by atoms with Crippen molar-refractivity contribution in [2.24, 2.45) is 11.8 Å². The summed E-state index contributed by atoms with van der Waals surface area (Å²) < 4.78 is 25.9. The molecule has 0 heterocycles. The zero-order valence-corrected chi connectivity index (χ0v) is 40.1. The van der Waals surface area contributed by atoms with Gasteiger partial charge in [0.25, 0.3) is 0 Å². The summed E-state index contributed by atoms with van der Waals surface area (Å²) in [7, 11) is 1.47. The molecule has 0 aliphatic carbocycles. The van der Waals surface area contributed by atoms with Gasteiger partial charge in [-0.3, -0.25) is 9.59 Å². The van der Waals surface area contributed by atoms with Gasteiger partial charge in [0.05, 0.1) is 18.6 Å². The van der Waals surface area contributed by atoms with Crippen molar-refractivity contribution in [1.82, 2.24) is 10.6 Å². The largest absolute Gasteiger partial charge is 0.495 e. The zero-order valence-electron chi connectivity index (χ0n) is 37.1. The zero-order chi connectivity index (χ0) is 47.5. The minimum Gasteiger partial charge on any atom is -0.495 e. The van der Waals surface area contributed by atoms with Crippen LogP contribution in [0.1, 0.15) is 77.5 Å². The van der Waals surface area contributed by atoms with Gasteiger partial charge in [-0.2, -0.15) is 0 Å². The second-order valence-electron chi connectivity index (χ2n) is 16.5. The number of halogens is 4. The minimum absolute atomic E-state index is 0.0242. The highest BCUT2D eigenvalue weighted by Gasteiger charge is 2.32. The maximum Gasteiger partial charge on any atom is 0.407 e. The van der Waals surface area contributed by atoms with Gasteiger partial charge in [-0.25, -0.2) is 14.4 Å². The van der Waals surface area contributed by atoms with Crippen LogP contribution >= 0.6 is 46.4 Å². The van der Waals surface area contributed by atoms with Gasteiger partial charge in [-0.05, 0) is 74.4 Å². The van der Waals surface area contributed by atoms with Gasteiger partial charge in [0.1, 0.15) is 30.1 Å². The third-order valence-corrected chi connectivity index (χ3v) is 9.82. The molecule has 0 saturated carbocycles. The van der Waals surface area contributed by atoms with E-state index < -0.39 is 76.1 Å². The Hall–Kier alpha value is -4.75. The van der Waals surface area contributed by atoms with Crippen molar-refractivity contribution < 1.29 is 47.7 Å². The van der Waals surface area contributed by atoms with E-state index in [-0.39, 0.29) is 31.6 Å². The van der Waals surface area contributed by atoms with Crippen LogP contribution in [0.2, 0.25) is 5.02 Å². The molecule has 2 amide bonds. The third-order valence-electron chi connectivity index (χ3n) is 9.20. The monoisotopic (exact) mass is 962 g/mol. The van der Waals surface area contributed by atoms with E-state index in [1.807, 2.05) is 93.6 Å². The molecule has 0 aliphatic heterocycles. The van der Waals surface area contributed by atoms with E-state index in [1.54, 1.807) is 39.0 Å². The maximum absolute atomic E-state index is 14.0. The van der Waals surface area contributed by atoms with Crippen molar-refractivity contribution in [3.63, 3.8) is 0 Å². The van der Waals surface area contributed by atoms with Crippen LogP contribution in [0.25, 0.3) is 6.08 Å². The Balaban J connectivity index is 1.83. The van der Waals surface area contributed by atoms with Crippen molar-refractivity contribution in [3.8, 4) is 5.75 Å². The Morgan fingerprint density at radius 2 is 1.45 bits per heavy atom. The normalized spacial score (nSPS) is 14.2. The Morgan fingerprint density at radius 1 is 0.797 bits per heavy atom. The highest BCUT2D eigenvalue weighted by atomic mass is 35.6. The SMILES string of the molecule is COc1ccc(C[C@@H](NC(=O)/C=C/C[C@H](OC(=O)[C@H](CC(C)C)OC(=O)C[C@@H](Cc2ccccc2)NC(=O)OC(C)(C)C)[C@H](C)/C=C/c2ccccc2)C(=O)OCC(Cl)(Cl)Cl)cc1Cl. The van der Waals surface area contributed by atoms with E-state index in [9.17, 15) is 24.0 Å². The molecule has 348 valence electrons. The van der Waals surface area contributed by atoms with E-state index in [0.717, 1.165) is 11.1 Å². The Bertz CT molecular complexity index is 2040. The second-order valence-corrected chi connectivity index (χ2v) is 19.5. The predicted molar refractivity (Wildman–Crippen MR) is 250 cm³/mol. The molecule has 3 aromatic rings. The first kappa shape index (κ1) is 53.6. The maximum atomic E-state index is 14.0. The lowest BCUT2D eigenvalue weighted by molar-refractivity contribution is -0.174. The number of methoxy groups -OCH3 is 1. The Labute approximate surface area is 396 Å². The number of amides is 2. The molecule has 12 nitrogen and oxygen atoms in total. The van der Waals surface area contributed by atoms with Gasteiger partial charge in [0.2, 0.25) is 9.70 Å². The fraction of sp³-hybridized carbons (Fsp3) is 0.438. The van der Waals surface area contributed by atoms with E-state index >= 15 is 0 Å². The minimum atomic E-state index is -1.89. The van der Waals surface area contributed by atoms with Crippen LogP contribution in [-0.4, -0.2) is 77.3 Å². The van der Waals surface area contributed by atoms with Crippen LogP contribution in [-0.2, 0) is 51.0 Å². The van der Waals surface area contributed by atoms with Crippen molar-refractivity contribution in [2.75, 3.05) is 13.7 Å². The van der Waals surface area contributed by atoms with Crippen LogP contribution in [0.15, 0.2) is 97.1 Å². The molecule has 0 unspecified atom stereocenters. The lowest BCUT2D eigenvalue weighted by Gasteiger charge is -2.26. The van der Waals surface area contributed by atoms with Gasteiger partial charge >= 0.3 is 24.0 Å². The van der Waals surface area contributed by atoms with Gasteiger partial charge in [0.15, 0.2) is 6.10 Å². The smallest absolute Gasteiger partial charge is 0.407 e. The van der Waals surface area contributed by atoms with Crippen molar-refractivity contribution >= 4 is 82.4 Å². The number of carbonyl (C=O) groups excluding carboxylic acids is 5. The summed E-state index contributed by atoms with van der Waals surface area (Å²) in [4.78, 5) is 66.8. The lowest BCUT2D eigenvalue weighted by Crippen LogP contribution is -2.43. The van der Waals surface area contributed by atoms with Crippen LogP contribution in [0.4, 0.5) is 4.79 Å². The number of ether oxygens (including phenoxy) is 5. The van der Waals surface area contributed by atoms with Crippen LogP contribution in [0, 0.1) is 11.8 Å². The summed E-state index contributed by atoms with van der Waals surface area (Å²) in [5.74, 6) is -3.07. The highest BCUT2D eigenvalue weighted by molar-refractivity contribution is 6.67. The molecule has 5 atom stereocenters. The molecule has 0 spiro atoms. The summed E-state index contributed by atoms with van der Waals surface area (Å²) in [6, 6.07) is 21.8. The quantitative estimate of drug-likeness (QED) is 0.0430. The summed E-state index contributed by atoms with van der Waals surface area (Å²) in [6.07, 6.45) is 3.89. The topological polar surface area (TPSA) is 156 Å². The summed E-state index contributed by atoms with van der Waals surface area (Å²) in [5, 5.41) is 5.71. The van der Waals surface area contributed by atoms with E-state index in [0.29, 0.717) is 22.8 Å². The molecular weight excluding hydrogens is 906 g/mol. The van der Waals surface area contributed by atoms with Gasteiger partial charge in [-0.15, -0.1) is 0 Å². The molecule has 0 fully saturated rings. The third kappa shape index (κ3) is 21.3. The summed E-state index contributed by atoms with van der Waals surface area (Å²) in [6.45, 7) is 10.3. The van der Waals surface area contributed by atoms with Gasteiger partial charge < -0.3 is 34.3 Å². The number of hydrogen-bond donors (Lipinski definition) is 2. The van der Waals surface area contributed by atoms with Crippen LogP contribution in [0.5, 0.6) is 5.75 Å². The molecule has 0 aromatic heterocycles.